The first-order valence-corrected chi connectivity index (χ1v) is 4.90. The van der Waals surface area contributed by atoms with Crippen molar-refractivity contribution in [3.63, 3.8) is 0 Å². The van der Waals surface area contributed by atoms with Gasteiger partial charge in [-0.15, -0.1) is 0 Å². The van der Waals surface area contributed by atoms with Gasteiger partial charge in [-0.2, -0.15) is 0 Å². The summed E-state index contributed by atoms with van der Waals surface area (Å²) in [5.74, 6) is -1.99. The summed E-state index contributed by atoms with van der Waals surface area (Å²) in [6.45, 7) is 0.888. The molecule has 16 heavy (non-hydrogen) atoms. The third-order valence-corrected chi connectivity index (χ3v) is 1.89. The first kappa shape index (κ1) is 14.4. The third-order valence-electron chi connectivity index (χ3n) is 1.89. The maximum Gasteiger partial charge on any atom is 0.320 e. The van der Waals surface area contributed by atoms with Gasteiger partial charge in [-0.05, 0) is 12.8 Å². The Labute approximate surface area is 92.6 Å². The number of aliphatic carboxylic acids is 2. The van der Waals surface area contributed by atoms with Crippen LogP contribution in [0.5, 0.6) is 0 Å². The minimum Gasteiger partial charge on any atom is -0.481 e. The van der Waals surface area contributed by atoms with Crippen molar-refractivity contribution in [1.82, 2.24) is 5.32 Å². The molecule has 7 heteroatoms. The van der Waals surface area contributed by atoms with Crippen LogP contribution in [0.3, 0.4) is 0 Å². The standard InChI is InChI=1S/C5H9NO4.C4H7NO/c6-3(5(9)10)1-2-4(7)8;6-4-2-1-3-5-4/h3H,1-2,6H2,(H,7,8)(H,9,10);1-3H2,(H,5,6)/t3-;/m0./s1. The molecule has 0 spiro atoms. The first-order chi connectivity index (χ1) is 7.43. The highest BCUT2D eigenvalue weighted by Gasteiger charge is 2.12. The molecule has 0 radical (unpaired) electrons. The summed E-state index contributed by atoms with van der Waals surface area (Å²) in [6.07, 6.45) is 1.54. The Bertz CT molecular complexity index is 259. The minimum atomic E-state index is -1.17. The summed E-state index contributed by atoms with van der Waals surface area (Å²) >= 11 is 0. The summed E-state index contributed by atoms with van der Waals surface area (Å²) in [7, 11) is 0. The van der Waals surface area contributed by atoms with Gasteiger partial charge >= 0.3 is 11.9 Å². The number of amides is 1. The van der Waals surface area contributed by atoms with Gasteiger partial charge in [0.15, 0.2) is 0 Å². The molecule has 1 fully saturated rings. The van der Waals surface area contributed by atoms with Crippen molar-refractivity contribution in [3.05, 3.63) is 0 Å². The Balaban J connectivity index is 0.000000315. The summed E-state index contributed by atoms with van der Waals surface area (Å²) in [6, 6.07) is -1.06. The number of carbonyl (C=O) groups excluding carboxylic acids is 1. The van der Waals surface area contributed by atoms with E-state index in [1.807, 2.05) is 0 Å². The maximum atomic E-state index is 10.1. The first-order valence-electron chi connectivity index (χ1n) is 4.90. The Kier molecular flexibility index (Phi) is 6.86. The predicted octanol–water partition coefficient (Wildman–Crippen LogP) is -0.840. The van der Waals surface area contributed by atoms with Gasteiger partial charge in [0.2, 0.25) is 5.91 Å². The Morgan fingerprint density at radius 3 is 2.31 bits per heavy atom. The van der Waals surface area contributed by atoms with Crippen LogP contribution in [0.15, 0.2) is 0 Å². The lowest BCUT2D eigenvalue weighted by Crippen LogP contribution is -2.30. The molecule has 0 aromatic carbocycles. The van der Waals surface area contributed by atoms with Crippen LogP contribution in [0.25, 0.3) is 0 Å². The smallest absolute Gasteiger partial charge is 0.320 e. The molecule has 1 rings (SSSR count). The number of carboxylic acid groups (broad SMARTS) is 2. The molecule has 0 aliphatic carbocycles. The summed E-state index contributed by atoms with van der Waals surface area (Å²) in [5.41, 5.74) is 5.00. The number of carbonyl (C=O) groups is 3. The molecule has 1 saturated heterocycles. The second kappa shape index (κ2) is 7.63. The van der Waals surface area contributed by atoms with E-state index in [2.05, 4.69) is 5.32 Å². The average Bonchev–Trinajstić information content (AvgIpc) is 2.66. The molecule has 7 nitrogen and oxygen atoms in total. The molecule has 0 saturated carbocycles. The largest absolute Gasteiger partial charge is 0.481 e. The van der Waals surface area contributed by atoms with E-state index in [1.54, 1.807) is 0 Å². The quantitative estimate of drug-likeness (QED) is 0.500. The number of nitrogens with one attached hydrogen (secondary N) is 1. The molecule has 0 aromatic rings. The molecule has 0 unspecified atom stereocenters. The van der Waals surface area contributed by atoms with Gasteiger partial charge in [0.1, 0.15) is 6.04 Å². The highest BCUT2D eigenvalue weighted by Crippen LogP contribution is 1.93. The number of hydrogen-bond donors (Lipinski definition) is 4. The lowest BCUT2D eigenvalue weighted by atomic mass is 10.2. The van der Waals surface area contributed by atoms with E-state index in [0.29, 0.717) is 0 Å². The van der Waals surface area contributed by atoms with Crippen LogP contribution < -0.4 is 11.1 Å². The topological polar surface area (TPSA) is 130 Å². The van der Waals surface area contributed by atoms with Crippen molar-refractivity contribution in [2.24, 2.45) is 5.73 Å². The van der Waals surface area contributed by atoms with Gasteiger partial charge in [0.25, 0.3) is 0 Å². The van der Waals surface area contributed by atoms with E-state index in [9.17, 15) is 14.4 Å². The van der Waals surface area contributed by atoms with Crippen LogP contribution >= 0.6 is 0 Å². The van der Waals surface area contributed by atoms with Crippen LogP contribution in [0.1, 0.15) is 25.7 Å². The zero-order chi connectivity index (χ0) is 12.6. The molecule has 0 aromatic heterocycles. The molecule has 5 N–H and O–H groups in total. The van der Waals surface area contributed by atoms with Gasteiger partial charge in [-0.3, -0.25) is 14.4 Å². The molecule has 1 aliphatic rings. The zero-order valence-corrected chi connectivity index (χ0v) is 8.81. The number of carboxylic acids is 2. The molecular formula is C9H16N2O5. The fraction of sp³-hybridized carbons (Fsp3) is 0.667. The number of nitrogens with two attached hydrogens (primary N) is 1. The Morgan fingerprint density at radius 2 is 2.06 bits per heavy atom. The van der Waals surface area contributed by atoms with Gasteiger partial charge in [0, 0.05) is 19.4 Å². The molecule has 1 amide bonds. The van der Waals surface area contributed by atoms with Crippen LogP contribution in [-0.2, 0) is 14.4 Å². The third kappa shape index (κ3) is 7.74. The SMILES string of the molecule is N[C@@H](CCC(=O)O)C(=O)O.O=C1CCCN1. The van der Waals surface area contributed by atoms with Crippen LogP contribution in [-0.4, -0.2) is 40.6 Å². The number of hydrogen-bond acceptors (Lipinski definition) is 4. The Morgan fingerprint density at radius 1 is 1.44 bits per heavy atom. The minimum absolute atomic E-state index is 0.0231. The predicted molar refractivity (Wildman–Crippen MR) is 54.7 cm³/mol. The van der Waals surface area contributed by atoms with Crippen molar-refractivity contribution in [3.8, 4) is 0 Å². The second-order valence-corrected chi connectivity index (χ2v) is 3.33. The molecular weight excluding hydrogens is 216 g/mol. The van der Waals surface area contributed by atoms with Crippen molar-refractivity contribution in [1.29, 1.82) is 0 Å². The average molecular weight is 232 g/mol. The molecule has 1 aliphatic heterocycles. The normalized spacial score (nSPS) is 15.7. The van der Waals surface area contributed by atoms with Gasteiger partial charge in [-0.1, -0.05) is 0 Å². The van der Waals surface area contributed by atoms with Crippen LogP contribution in [0, 0.1) is 0 Å². The van der Waals surface area contributed by atoms with E-state index in [-0.39, 0.29) is 18.7 Å². The summed E-state index contributed by atoms with van der Waals surface area (Å²) < 4.78 is 0. The highest BCUT2D eigenvalue weighted by atomic mass is 16.4. The van der Waals surface area contributed by atoms with E-state index in [4.69, 9.17) is 15.9 Å². The van der Waals surface area contributed by atoms with E-state index in [0.717, 1.165) is 19.4 Å². The lowest BCUT2D eigenvalue weighted by Gasteiger charge is -2.01. The molecule has 92 valence electrons. The molecule has 0 bridgehead atoms. The van der Waals surface area contributed by atoms with Crippen LogP contribution in [0.2, 0.25) is 0 Å². The van der Waals surface area contributed by atoms with Gasteiger partial charge in [-0.25, -0.2) is 0 Å². The zero-order valence-electron chi connectivity index (χ0n) is 8.81. The van der Waals surface area contributed by atoms with E-state index >= 15 is 0 Å². The lowest BCUT2D eigenvalue weighted by molar-refractivity contribution is -0.139. The van der Waals surface area contributed by atoms with Crippen molar-refractivity contribution < 1.29 is 24.6 Å². The molecule has 1 atom stereocenters. The fourth-order valence-corrected chi connectivity index (χ4v) is 0.968. The maximum absolute atomic E-state index is 10.1. The summed E-state index contributed by atoms with van der Waals surface area (Å²) in [4.78, 5) is 30.0. The monoisotopic (exact) mass is 232 g/mol. The Hall–Kier alpha value is -1.63. The fourth-order valence-electron chi connectivity index (χ4n) is 0.968. The van der Waals surface area contributed by atoms with Crippen molar-refractivity contribution in [2.45, 2.75) is 31.7 Å². The second-order valence-electron chi connectivity index (χ2n) is 3.33. The van der Waals surface area contributed by atoms with Gasteiger partial charge < -0.3 is 21.3 Å². The molecule has 1 heterocycles. The summed E-state index contributed by atoms with van der Waals surface area (Å²) in [5, 5.41) is 19.0. The van der Waals surface area contributed by atoms with Crippen molar-refractivity contribution >= 4 is 17.8 Å². The number of rotatable bonds is 4. The van der Waals surface area contributed by atoms with Gasteiger partial charge in [0.05, 0.1) is 0 Å². The van der Waals surface area contributed by atoms with E-state index in [1.165, 1.54) is 0 Å². The van der Waals surface area contributed by atoms with Crippen molar-refractivity contribution in [2.75, 3.05) is 6.54 Å². The van der Waals surface area contributed by atoms with Crippen LogP contribution in [0.4, 0.5) is 0 Å². The van der Waals surface area contributed by atoms with E-state index < -0.39 is 18.0 Å². The highest BCUT2D eigenvalue weighted by molar-refractivity contribution is 5.77.